The second-order valence-corrected chi connectivity index (χ2v) is 8.94. The topological polar surface area (TPSA) is 45.7 Å². The van der Waals surface area contributed by atoms with Crippen molar-refractivity contribution in [2.45, 2.75) is 25.7 Å². The number of benzene rings is 1. The molecule has 3 aliphatic rings. The Morgan fingerprint density at radius 3 is 2.96 bits per heavy atom. The highest BCUT2D eigenvalue weighted by atomic mass is 16.5. The first kappa shape index (κ1) is 18.1. The van der Waals surface area contributed by atoms with Crippen LogP contribution in [-0.4, -0.2) is 66.6 Å². The average Bonchev–Trinajstić information content (AvgIpc) is 3.56. The molecule has 0 bridgehead atoms. The van der Waals surface area contributed by atoms with Crippen LogP contribution in [0.4, 0.5) is 0 Å². The van der Waals surface area contributed by atoms with Crippen molar-refractivity contribution in [3.63, 3.8) is 0 Å². The predicted octanol–water partition coefficient (Wildman–Crippen LogP) is 3.20. The molecule has 1 aromatic heterocycles. The summed E-state index contributed by atoms with van der Waals surface area (Å²) < 4.78 is 6.03. The highest BCUT2D eigenvalue weighted by Crippen LogP contribution is 2.36. The molecule has 5 rings (SSSR count). The van der Waals surface area contributed by atoms with Crippen LogP contribution in [-0.2, 0) is 4.74 Å². The molecule has 1 aliphatic carbocycles. The molecule has 2 aliphatic heterocycles. The first-order chi connectivity index (χ1) is 13.7. The second-order valence-electron chi connectivity index (χ2n) is 8.94. The molecule has 148 valence electrons. The van der Waals surface area contributed by atoms with Gasteiger partial charge in [0.2, 0.25) is 0 Å². The summed E-state index contributed by atoms with van der Waals surface area (Å²) in [5.74, 6) is 1.000. The van der Waals surface area contributed by atoms with Crippen LogP contribution in [0.1, 0.15) is 36.0 Å². The van der Waals surface area contributed by atoms with Gasteiger partial charge in [-0.2, -0.15) is 0 Å². The molecule has 0 radical (unpaired) electrons. The highest BCUT2D eigenvalue weighted by molar-refractivity contribution is 6.05. The van der Waals surface area contributed by atoms with Gasteiger partial charge in [0.25, 0.3) is 5.91 Å². The smallest absolute Gasteiger partial charge is 0.256 e. The van der Waals surface area contributed by atoms with Crippen LogP contribution < -0.4 is 0 Å². The van der Waals surface area contributed by atoms with Gasteiger partial charge in [0.1, 0.15) is 0 Å². The summed E-state index contributed by atoms with van der Waals surface area (Å²) in [6.45, 7) is 6.48. The van der Waals surface area contributed by atoms with Crippen molar-refractivity contribution in [3.05, 3.63) is 42.1 Å². The van der Waals surface area contributed by atoms with E-state index in [0.717, 1.165) is 74.6 Å². The molecule has 1 saturated carbocycles. The summed E-state index contributed by atoms with van der Waals surface area (Å²) in [7, 11) is 0. The molecule has 0 N–H and O–H groups in total. The SMILES string of the molecule is O=C(c1cccc2cccnc12)N1CCCC2(COCCN(CC3CC3)C2)C1. The molecule has 2 aromatic rings. The third kappa shape index (κ3) is 3.65. The maximum atomic E-state index is 13.4. The normalized spacial score (nSPS) is 26.5. The number of hydrogen-bond donors (Lipinski definition) is 0. The van der Waals surface area contributed by atoms with Gasteiger partial charge >= 0.3 is 0 Å². The average molecular weight is 380 g/mol. The number of likely N-dealkylation sites (tertiary alicyclic amines) is 1. The first-order valence-electron chi connectivity index (χ1n) is 10.7. The van der Waals surface area contributed by atoms with Crippen LogP contribution in [0, 0.1) is 11.3 Å². The third-order valence-electron chi connectivity index (χ3n) is 6.54. The molecule has 2 saturated heterocycles. The van der Waals surface area contributed by atoms with Crippen LogP contribution in [0.2, 0.25) is 0 Å². The lowest BCUT2D eigenvalue weighted by Gasteiger charge is -2.43. The summed E-state index contributed by atoms with van der Waals surface area (Å²) in [5.41, 5.74) is 1.60. The van der Waals surface area contributed by atoms with Crippen LogP contribution in [0.25, 0.3) is 10.9 Å². The predicted molar refractivity (Wildman–Crippen MR) is 109 cm³/mol. The van der Waals surface area contributed by atoms with Gasteiger partial charge in [0.05, 0.1) is 24.3 Å². The quantitative estimate of drug-likeness (QED) is 0.822. The van der Waals surface area contributed by atoms with Crippen LogP contribution in [0.5, 0.6) is 0 Å². The first-order valence-corrected chi connectivity index (χ1v) is 10.7. The van der Waals surface area contributed by atoms with Crippen molar-refractivity contribution in [2.24, 2.45) is 11.3 Å². The van der Waals surface area contributed by atoms with E-state index in [1.807, 2.05) is 30.3 Å². The fourth-order valence-electron chi connectivity index (χ4n) is 4.98. The van der Waals surface area contributed by atoms with E-state index in [9.17, 15) is 4.79 Å². The fourth-order valence-corrected chi connectivity index (χ4v) is 4.98. The largest absolute Gasteiger partial charge is 0.379 e. The number of nitrogens with zero attached hydrogens (tertiary/aromatic N) is 3. The third-order valence-corrected chi connectivity index (χ3v) is 6.54. The molecule has 28 heavy (non-hydrogen) atoms. The van der Waals surface area contributed by atoms with Gasteiger partial charge in [0.15, 0.2) is 0 Å². The lowest BCUT2D eigenvalue weighted by atomic mass is 9.79. The number of para-hydroxylation sites is 1. The number of rotatable bonds is 3. The van der Waals surface area contributed by atoms with Crippen molar-refractivity contribution in [1.29, 1.82) is 0 Å². The number of amides is 1. The second kappa shape index (κ2) is 7.45. The Kier molecular flexibility index (Phi) is 4.81. The Labute approximate surface area is 166 Å². The van der Waals surface area contributed by atoms with Gasteiger partial charge in [-0.05, 0) is 43.7 Å². The lowest BCUT2D eigenvalue weighted by molar-refractivity contribution is 0.00725. The van der Waals surface area contributed by atoms with E-state index in [-0.39, 0.29) is 11.3 Å². The van der Waals surface area contributed by atoms with E-state index in [2.05, 4.69) is 14.8 Å². The Bertz CT molecular complexity index is 861. The molecular formula is C23H29N3O2. The molecule has 1 unspecified atom stereocenters. The molecule has 1 spiro atoms. The zero-order valence-corrected chi connectivity index (χ0v) is 16.5. The molecule has 1 atom stereocenters. The minimum absolute atomic E-state index is 0.0668. The number of pyridine rings is 1. The number of aromatic nitrogens is 1. The van der Waals surface area contributed by atoms with E-state index in [0.29, 0.717) is 0 Å². The number of piperidine rings is 1. The molecule has 5 nitrogen and oxygen atoms in total. The summed E-state index contributed by atoms with van der Waals surface area (Å²) >= 11 is 0. The Morgan fingerprint density at radius 1 is 1.18 bits per heavy atom. The Balaban J connectivity index is 1.37. The molecule has 3 heterocycles. The van der Waals surface area contributed by atoms with Crippen LogP contribution >= 0.6 is 0 Å². The van der Waals surface area contributed by atoms with Crippen molar-refractivity contribution >= 4 is 16.8 Å². The van der Waals surface area contributed by atoms with E-state index in [4.69, 9.17) is 4.74 Å². The maximum Gasteiger partial charge on any atom is 0.256 e. The number of carbonyl (C=O) groups excluding carboxylic acids is 1. The van der Waals surface area contributed by atoms with E-state index in [1.54, 1.807) is 6.20 Å². The van der Waals surface area contributed by atoms with Crippen molar-refractivity contribution < 1.29 is 9.53 Å². The van der Waals surface area contributed by atoms with Gasteiger partial charge in [-0.3, -0.25) is 9.78 Å². The maximum absolute atomic E-state index is 13.4. The summed E-state index contributed by atoms with van der Waals surface area (Å²) in [5, 5.41) is 1.02. The van der Waals surface area contributed by atoms with Crippen molar-refractivity contribution in [1.82, 2.24) is 14.8 Å². The van der Waals surface area contributed by atoms with E-state index < -0.39 is 0 Å². The zero-order chi connectivity index (χ0) is 19.0. The minimum Gasteiger partial charge on any atom is -0.379 e. The van der Waals surface area contributed by atoms with Gasteiger partial charge in [-0.15, -0.1) is 0 Å². The van der Waals surface area contributed by atoms with Crippen molar-refractivity contribution in [3.8, 4) is 0 Å². The standard InChI is InChI=1S/C23H29N3O2/c27-22(20-6-1-4-19-5-2-10-24-21(19)20)26-11-3-9-23(16-26)15-25(12-13-28-17-23)14-18-7-8-18/h1-2,4-6,10,18H,3,7-9,11-17H2. The summed E-state index contributed by atoms with van der Waals surface area (Å²) in [6, 6.07) is 9.84. The van der Waals surface area contributed by atoms with Gasteiger partial charge in [-0.1, -0.05) is 18.2 Å². The van der Waals surface area contributed by atoms with E-state index >= 15 is 0 Å². The lowest BCUT2D eigenvalue weighted by Crippen LogP contribution is -2.52. The molecule has 5 heteroatoms. The molecule has 1 amide bonds. The number of ether oxygens (including phenoxy) is 1. The van der Waals surface area contributed by atoms with Crippen molar-refractivity contribution in [2.75, 3.05) is 45.9 Å². The summed E-state index contributed by atoms with van der Waals surface area (Å²) in [6.07, 6.45) is 6.72. The number of fused-ring (bicyclic) bond motifs is 1. The molecule has 3 fully saturated rings. The monoisotopic (exact) mass is 379 g/mol. The summed E-state index contributed by atoms with van der Waals surface area (Å²) in [4.78, 5) is 22.6. The molecular weight excluding hydrogens is 350 g/mol. The number of carbonyl (C=O) groups is 1. The zero-order valence-electron chi connectivity index (χ0n) is 16.5. The Morgan fingerprint density at radius 2 is 2.07 bits per heavy atom. The van der Waals surface area contributed by atoms with Gasteiger partial charge in [-0.25, -0.2) is 0 Å². The number of hydrogen-bond acceptors (Lipinski definition) is 4. The minimum atomic E-state index is 0.0668. The van der Waals surface area contributed by atoms with Crippen LogP contribution in [0.15, 0.2) is 36.5 Å². The molecule has 1 aromatic carbocycles. The fraction of sp³-hybridized carbons (Fsp3) is 0.565. The van der Waals surface area contributed by atoms with Gasteiger partial charge in [0, 0.05) is 49.7 Å². The van der Waals surface area contributed by atoms with E-state index in [1.165, 1.54) is 19.4 Å². The van der Waals surface area contributed by atoms with Gasteiger partial charge < -0.3 is 14.5 Å². The highest BCUT2D eigenvalue weighted by Gasteiger charge is 2.41. The Hall–Kier alpha value is -1.98. The van der Waals surface area contributed by atoms with Crippen LogP contribution in [0.3, 0.4) is 0 Å².